The Morgan fingerprint density at radius 2 is 2.39 bits per heavy atom. The predicted octanol–water partition coefficient (Wildman–Crippen LogP) is 1.65. The topological polar surface area (TPSA) is 94.5 Å². The average Bonchev–Trinajstić information content (AvgIpc) is 3.16. The lowest BCUT2D eigenvalue weighted by Crippen LogP contribution is -2.23. The number of hydrogen-bond acceptors (Lipinski definition) is 6. The molecule has 1 aromatic heterocycles. The van der Waals surface area contributed by atoms with Crippen molar-refractivity contribution < 1.29 is 18.4 Å². The molecule has 0 spiro atoms. The van der Waals surface area contributed by atoms with E-state index in [1.807, 2.05) is 6.07 Å². The Morgan fingerprint density at radius 3 is 3.04 bits per heavy atom. The zero-order valence-electron chi connectivity index (χ0n) is 12.7. The molecule has 1 fully saturated rings. The molecule has 1 aliphatic rings. The van der Waals surface area contributed by atoms with Crippen molar-refractivity contribution in [2.24, 2.45) is 5.73 Å². The molecule has 1 aliphatic heterocycles. The quantitative estimate of drug-likeness (QED) is 0.900. The van der Waals surface area contributed by atoms with E-state index in [9.17, 15) is 9.18 Å². The predicted molar refractivity (Wildman–Crippen MR) is 78.2 cm³/mol. The second kappa shape index (κ2) is 6.33. The first kappa shape index (κ1) is 15.4. The molecule has 1 aromatic carbocycles. The highest BCUT2D eigenvalue weighted by molar-refractivity contribution is 5.88. The van der Waals surface area contributed by atoms with Gasteiger partial charge in [0.05, 0.1) is 13.2 Å². The summed E-state index contributed by atoms with van der Waals surface area (Å²) in [6.45, 7) is 1.37. The number of rotatable bonds is 5. The highest BCUT2D eigenvalue weighted by Gasteiger charge is 2.31. The highest BCUT2D eigenvalue weighted by atomic mass is 19.1. The molecule has 2 aromatic rings. The van der Waals surface area contributed by atoms with Gasteiger partial charge in [-0.2, -0.15) is 4.98 Å². The van der Waals surface area contributed by atoms with E-state index in [0.717, 1.165) is 24.9 Å². The van der Waals surface area contributed by atoms with Gasteiger partial charge in [-0.25, -0.2) is 4.39 Å². The Labute approximate surface area is 132 Å². The van der Waals surface area contributed by atoms with Gasteiger partial charge in [0.15, 0.2) is 11.6 Å². The molecule has 1 amide bonds. The second-order valence-corrected chi connectivity index (χ2v) is 5.42. The van der Waals surface area contributed by atoms with Crippen molar-refractivity contribution in [1.29, 1.82) is 0 Å². The van der Waals surface area contributed by atoms with Gasteiger partial charge in [-0.1, -0.05) is 11.2 Å². The van der Waals surface area contributed by atoms with Crippen LogP contribution in [0, 0.1) is 5.82 Å². The molecule has 23 heavy (non-hydrogen) atoms. The Kier molecular flexibility index (Phi) is 4.24. The third kappa shape index (κ3) is 3.16. The number of nitrogens with zero attached hydrogens (tertiary/aromatic N) is 3. The summed E-state index contributed by atoms with van der Waals surface area (Å²) >= 11 is 0. The number of likely N-dealkylation sites (tertiary alicyclic amines) is 1. The largest absolute Gasteiger partial charge is 0.494 e. The SMILES string of the molecule is COc1ccc(CN2CCCC2c2nc(C(N)=O)no2)cc1F. The van der Waals surface area contributed by atoms with E-state index in [1.54, 1.807) is 6.07 Å². The number of aromatic nitrogens is 2. The van der Waals surface area contributed by atoms with Crippen molar-refractivity contribution in [2.75, 3.05) is 13.7 Å². The number of hydrogen-bond donors (Lipinski definition) is 1. The molecule has 3 rings (SSSR count). The lowest BCUT2D eigenvalue weighted by Gasteiger charge is -2.21. The summed E-state index contributed by atoms with van der Waals surface area (Å²) in [5, 5.41) is 3.57. The molecule has 2 N–H and O–H groups in total. The number of ether oxygens (including phenoxy) is 1. The van der Waals surface area contributed by atoms with Crippen LogP contribution in [0.25, 0.3) is 0 Å². The molecule has 122 valence electrons. The Hall–Kier alpha value is -2.48. The van der Waals surface area contributed by atoms with Crippen LogP contribution >= 0.6 is 0 Å². The number of carbonyl (C=O) groups excluding carboxylic acids is 1. The molecular formula is C15H17FN4O3. The van der Waals surface area contributed by atoms with Crippen molar-refractivity contribution in [2.45, 2.75) is 25.4 Å². The van der Waals surface area contributed by atoms with Crippen LogP contribution in [-0.2, 0) is 6.54 Å². The van der Waals surface area contributed by atoms with E-state index in [1.165, 1.54) is 13.2 Å². The van der Waals surface area contributed by atoms with Gasteiger partial charge in [0.1, 0.15) is 0 Å². The van der Waals surface area contributed by atoms with Crippen LogP contribution in [0.3, 0.4) is 0 Å². The molecule has 1 saturated heterocycles. The van der Waals surface area contributed by atoms with E-state index in [2.05, 4.69) is 15.0 Å². The summed E-state index contributed by atoms with van der Waals surface area (Å²) in [6.07, 6.45) is 1.79. The van der Waals surface area contributed by atoms with Gasteiger partial charge in [-0.15, -0.1) is 0 Å². The maximum absolute atomic E-state index is 13.8. The molecule has 7 nitrogen and oxygen atoms in total. The number of primary amides is 1. The van der Waals surface area contributed by atoms with Gasteiger partial charge in [0, 0.05) is 6.54 Å². The summed E-state index contributed by atoms with van der Waals surface area (Å²) < 4.78 is 23.9. The maximum Gasteiger partial charge on any atom is 0.290 e. The molecule has 0 radical (unpaired) electrons. The molecule has 0 aliphatic carbocycles. The van der Waals surface area contributed by atoms with Gasteiger partial charge in [-0.05, 0) is 37.1 Å². The summed E-state index contributed by atoms with van der Waals surface area (Å²) in [5.41, 5.74) is 5.96. The highest BCUT2D eigenvalue weighted by Crippen LogP contribution is 2.32. The van der Waals surface area contributed by atoms with E-state index >= 15 is 0 Å². The van der Waals surface area contributed by atoms with Crippen LogP contribution in [0.2, 0.25) is 0 Å². The molecule has 0 bridgehead atoms. The van der Waals surface area contributed by atoms with Crippen LogP contribution < -0.4 is 10.5 Å². The van der Waals surface area contributed by atoms with Gasteiger partial charge >= 0.3 is 0 Å². The van der Waals surface area contributed by atoms with Crippen molar-refractivity contribution in [3.05, 3.63) is 41.3 Å². The summed E-state index contributed by atoms with van der Waals surface area (Å²) in [6, 6.07) is 4.78. The first-order valence-electron chi connectivity index (χ1n) is 7.28. The van der Waals surface area contributed by atoms with Crippen LogP contribution in [0.5, 0.6) is 5.75 Å². The number of benzene rings is 1. The minimum absolute atomic E-state index is 0.0965. The Bertz CT molecular complexity index is 718. The minimum atomic E-state index is -0.721. The number of amides is 1. The van der Waals surface area contributed by atoms with Crippen LogP contribution in [0.4, 0.5) is 4.39 Å². The number of halogens is 1. The van der Waals surface area contributed by atoms with Crippen molar-refractivity contribution in [3.63, 3.8) is 0 Å². The van der Waals surface area contributed by atoms with Gasteiger partial charge in [0.25, 0.3) is 11.7 Å². The van der Waals surface area contributed by atoms with E-state index in [0.29, 0.717) is 12.4 Å². The Morgan fingerprint density at radius 1 is 1.57 bits per heavy atom. The van der Waals surface area contributed by atoms with Gasteiger partial charge in [0.2, 0.25) is 5.89 Å². The summed E-state index contributed by atoms with van der Waals surface area (Å²) in [7, 11) is 1.43. The lowest BCUT2D eigenvalue weighted by molar-refractivity contribution is 0.0987. The normalized spacial score (nSPS) is 18.3. The summed E-state index contributed by atoms with van der Waals surface area (Å²) in [4.78, 5) is 17.2. The number of nitrogens with two attached hydrogens (primary N) is 1. The second-order valence-electron chi connectivity index (χ2n) is 5.42. The standard InChI is InChI=1S/C15H17FN4O3/c1-22-12-5-4-9(7-10(12)16)8-20-6-2-3-11(20)15-18-14(13(17)21)19-23-15/h4-5,7,11H,2-3,6,8H2,1H3,(H2,17,21). The van der Waals surface area contributed by atoms with E-state index < -0.39 is 11.7 Å². The monoisotopic (exact) mass is 320 g/mol. The zero-order valence-corrected chi connectivity index (χ0v) is 12.7. The lowest BCUT2D eigenvalue weighted by atomic mass is 10.1. The first-order valence-corrected chi connectivity index (χ1v) is 7.28. The third-order valence-corrected chi connectivity index (χ3v) is 3.91. The van der Waals surface area contributed by atoms with Crippen molar-refractivity contribution >= 4 is 5.91 Å². The fourth-order valence-corrected chi connectivity index (χ4v) is 2.81. The molecular weight excluding hydrogens is 303 g/mol. The van der Waals surface area contributed by atoms with E-state index in [4.69, 9.17) is 15.0 Å². The number of methoxy groups -OCH3 is 1. The fourth-order valence-electron chi connectivity index (χ4n) is 2.81. The molecule has 2 heterocycles. The number of carbonyl (C=O) groups is 1. The third-order valence-electron chi connectivity index (χ3n) is 3.91. The maximum atomic E-state index is 13.8. The average molecular weight is 320 g/mol. The zero-order chi connectivity index (χ0) is 16.4. The first-order chi connectivity index (χ1) is 11.1. The molecule has 8 heteroatoms. The van der Waals surface area contributed by atoms with Crippen LogP contribution in [0.1, 0.15) is 41.0 Å². The molecule has 1 unspecified atom stereocenters. The van der Waals surface area contributed by atoms with E-state index in [-0.39, 0.29) is 17.6 Å². The smallest absolute Gasteiger partial charge is 0.290 e. The van der Waals surface area contributed by atoms with Crippen molar-refractivity contribution in [3.8, 4) is 5.75 Å². The molecule has 0 saturated carbocycles. The van der Waals surface area contributed by atoms with Gasteiger partial charge < -0.3 is 15.0 Å². The summed E-state index contributed by atoms with van der Waals surface area (Å²) in [5.74, 6) is -0.654. The van der Waals surface area contributed by atoms with Crippen LogP contribution in [-0.4, -0.2) is 34.6 Å². The molecule has 1 atom stereocenters. The minimum Gasteiger partial charge on any atom is -0.494 e. The van der Waals surface area contributed by atoms with Crippen molar-refractivity contribution in [1.82, 2.24) is 15.0 Å². The van der Waals surface area contributed by atoms with Crippen LogP contribution in [0.15, 0.2) is 22.7 Å². The Balaban J connectivity index is 1.76. The fraction of sp³-hybridized carbons (Fsp3) is 0.400. The van der Waals surface area contributed by atoms with Gasteiger partial charge in [-0.3, -0.25) is 9.69 Å².